The van der Waals surface area contributed by atoms with Crippen molar-refractivity contribution in [3.63, 3.8) is 0 Å². The molecule has 0 aliphatic rings. The lowest BCUT2D eigenvalue weighted by atomic mass is 10.2. The molecule has 0 heterocycles. The summed E-state index contributed by atoms with van der Waals surface area (Å²) in [6.07, 6.45) is -0.522. The Morgan fingerprint density at radius 1 is 1.11 bits per heavy atom. The highest BCUT2D eigenvalue weighted by atomic mass is 35.5. The number of benzene rings is 2. The first-order valence-corrected chi connectivity index (χ1v) is 5.83. The van der Waals surface area contributed by atoms with Gasteiger partial charge in [-0.05, 0) is 42.8 Å². The first-order chi connectivity index (χ1) is 8.65. The number of rotatable bonds is 2. The molecule has 0 saturated heterocycles. The molecule has 18 heavy (non-hydrogen) atoms. The standard InChI is InChI=1S/C14H12ClNO2/c1-10-4-2-3-5-13(10)18-14(17)16-12-8-6-11(15)7-9-12/h2-9H,1H3,(H,16,17). The number of carbonyl (C=O) groups is 1. The molecule has 92 valence electrons. The molecule has 2 rings (SSSR count). The SMILES string of the molecule is Cc1ccccc1OC(=O)Nc1ccc(Cl)cc1. The van der Waals surface area contributed by atoms with Gasteiger partial charge in [0.2, 0.25) is 0 Å². The number of para-hydroxylation sites is 1. The molecule has 0 aliphatic heterocycles. The summed E-state index contributed by atoms with van der Waals surface area (Å²) in [5, 5.41) is 3.24. The number of aryl methyl sites for hydroxylation is 1. The van der Waals surface area contributed by atoms with Crippen LogP contribution >= 0.6 is 11.6 Å². The first kappa shape index (κ1) is 12.5. The third-order valence-corrected chi connectivity index (χ3v) is 2.64. The van der Waals surface area contributed by atoms with E-state index >= 15 is 0 Å². The molecule has 0 radical (unpaired) electrons. The van der Waals surface area contributed by atoms with Gasteiger partial charge in [0, 0.05) is 10.7 Å². The van der Waals surface area contributed by atoms with Gasteiger partial charge in [0.15, 0.2) is 0 Å². The first-order valence-electron chi connectivity index (χ1n) is 5.45. The smallest absolute Gasteiger partial charge is 0.410 e. The summed E-state index contributed by atoms with van der Waals surface area (Å²) in [4.78, 5) is 11.7. The number of amides is 1. The van der Waals surface area contributed by atoms with Crippen molar-refractivity contribution in [2.24, 2.45) is 0 Å². The van der Waals surface area contributed by atoms with Crippen LogP contribution in [0.25, 0.3) is 0 Å². The Morgan fingerprint density at radius 3 is 2.44 bits per heavy atom. The van der Waals surface area contributed by atoms with E-state index in [1.165, 1.54) is 0 Å². The molecule has 0 unspecified atom stereocenters. The average molecular weight is 262 g/mol. The van der Waals surface area contributed by atoms with Gasteiger partial charge in [0.1, 0.15) is 5.75 Å². The van der Waals surface area contributed by atoms with Crippen LogP contribution in [0.2, 0.25) is 5.02 Å². The Bertz CT molecular complexity index is 552. The minimum Gasteiger partial charge on any atom is -0.410 e. The molecule has 0 atom stereocenters. The summed E-state index contributed by atoms with van der Waals surface area (Å²) in [6.45, 7) is 1.88. The van der Waals surface area contributed by atoms with Crippen molar-refractivity contribution in [3.8, 4) is 5.75 Å². The quantitative estimate of drug-likeness (QED) is 0.877. The highest BCUT2D eigenvalue weighted by Gasteiger charge is 2.06. The van der Waals surface area contributed by atoms with Gasteiger partial charge in [-0.1, -0.05) is 29.8 Å². The van der Waals surface area contributed by atoms with Gasteiger partial charge in [-0.3, -0.25) is 5.32 Å². The van der Waals surface area contributed by atoms with Crippen LogP contribution in [0.4, 0.5) is 10.5 Å². The second-order valence-corrected chi connectivity index (χ2v) is 4.22. The molecule has 0 fully saturated rings. The number of anilines is 1. The van der Waals surface area contributed by atoms with Crippen LogP contribution in [0.1, 0.15) is 5.56 Å². The fourth-order valence-corrected chi connectivity index (χ4v) is 1.57. The molecule has 2 aromatic rings. The lowest BCUT2D eigenvalue weighted by Crippen LogP contribution is -2.17. The van der Waals surface area contributed by atoms with E-state index in [0.29, 0.717) is 16.5 Å². The molecule has 0 bridgehead atoms. The highest BCUT2D eigenvalue weighted by molar-refractivity contribution is 6.30. The van der Waals surface area contributed by atoms with Crippen molar-refractivity contribution in [2.75, 3.05) is 5.32 Å². The molecular weight excluding hydrogens is 250 g/mol. The largest absolute Gasteiger partial charge is 0.417 e. The number of nitrogens with one attached hydrogen (secondary N) is 1. The van der Waals surface area contributed by atoms with Gasteiger partial charge < -0.3 is 4.74 Å². The molecule has 3 nitrogen and oxygen atoms in total. The number of hydrogen-bond donors (Lipinski definition) is 1. The van der Waals surface area contributed by atoms with Gasteiger partial charge in [-0.2, -0.15) is 0 Å². The molecule has 0 spiro atoms. The van der Waals surface area contributed by atoms with Gasteiger partial charge >= 0.3 is 6.09 Å². The van der Waals surface area contributed by atoms with Gasteiger partial charge in [-0.25, -0.2) is 4.79 Å². The number of carbonyl (C=O) groups excluding carboxylic acids is 1. The highest BCUT2D eigenvalue weighted by Crippen LogP contribution is 2.18. The molecular formula is C14H12ClNO2. The second kappa shape index (κ2) is 5.56. The summed E-state index contributed by atoms with van der Waals surface area (Å²) in [5.41, 5.74) is 1.54. The maximum Gasteiger partial charge on any atom is 0.417 e. The van der Waals surface area contributed by atoms with Crippen LogP contribution in [0.15, 0.2) is 48.5 Å². The zero-order chi connectivity index (χ0) is 13.0. The van der Waals surface area contributed by atoms with Crippen LogP contribution < -0.4 is 10.1 Å². The van der Waals surface area contributed by atoms with Crippen molar-refractivity contribution in [3.05, 3.63) is 59.1 Å². The van der Waals surface area contributed by atoms with Crippen LogP contribution in [0, 0.1) is 6.92 Å². The second-order valence-electron chi connectivity index (χ2n) is 3.79. The summed E-state index contributed by atoms with van der Waals surface area (Å²) in [7, 11) is 0. The van der Waals surface area contributed by atoms with Crippen molar-refractivity contribution >= 4 is 23.4 Å². The number of hydrogen-bond acceptors (Lipinski definition) is 2. The predicted octanol–water partition coefficient (Wildman–Crippen LogP) is 4.26. The van der Waals surface area contributed by atoms with Crippen molar-refractivity contribution in [2.45, 2.75) is 6.92 Å². The fourth-order valence-electron chi connectivity index (χ4n) is 1.45. The van der Waals surface area contributed by atoms with Crippen molar-refractivity contribution < 1.29 is 9.53 Å². The predicted molar refractivity (Wildman–Crippen MR) is 72.3 cm³/mol. The third kappa shape index (κ3) is 3.25. The topological polar surface area (TPSA) is 38.3 Å². The monoisotopic (exact) mass is 261 g/mol. The average Bonchev–Trinajstić information content (AvgIpc) is 2.35. The zero-order valence-electron chi connectivity index (χ0n) is 9.81. The maximum absolute atomic E-state index is 11.7. The van der Waals surface area contributed by atoms with Crippen molar-refractivity contribution in [1.29, 1.82) is 0 Å². The normalized spacial score (nSPS) is 9.89. The van der Waals surface area contributed by atoms with Crippen LogP contribution in [-0.4, -0.2) is 6.09 Å². The zero-order valence-corrected chi connectivity index (χ0v) is 10.6. The summed E-state index contributed by atoms with van der Waals surface area (Å²) in [5.74, 6) is 0.545. The Kier molecular flexibility index (Phi) is 3.85. The van der Waals surface area contributed by atoms with Gasteiger partial charge in [-0.15, -0.1) is 0 Å². The summed E-state index contributed by atoms with van der Waals surface area (Å²) >= 11 is 5.75. The Labute approximate surface area is 110 Å². The summed E-state index contributed by atoms with van der Waals surface area (Å²) < 4.78 is 5.20. The minimum absolute atomic E-state index is 0.522. The van der Waals surface area contributed by atoms with Crippen molar-refractivity contribution in [1.82, 2.24) is 0 Å². The van der Waals surface area contributed by atoms with E-state index in [1.54, 1.807) is 30.3 Å². The Morgan fingerprint density at radius 2 is 1.78 bits per heavy atom. The lowest BCUT2D eigenvalue weighted by Gasteiger charge is -2.08. The van der Waals surface area contributed by atoms with E-state index in [-0.39, 0.29) is 0 Å². The Balaban J connectivity index is 2.01. The minimum atomic E-state index is -0.522. The van der Waals surface area contributed by atoms with Gasteiger partial charge in [0.05, 0.1) is 0 Å². The van der Waals surface area contributed by atoms with Crippen LogP contribution in [-0.2, 0) is 0 Å². The fraction of sp³-hybridized carbons (Fsp3) is 0.0714. The number of halogens is 1. The third-order valence-electron chi connectivity index (χ3n) is 2.39. The van der Waals surface area contributed by atoms with E-state index in [2.05, 4.69) is 5.32 Å². The Hall–Kier alpha value is -2.00. The van der Waals surface area contributed by atoms with E-state index in [0.717, 1.165) is 5.56 Å². The molecule has 1 N–H and O–H groups in total. The molecule has 1 amide bonds. The molecule has 4 heteroatoms. The molecule has 2 aromatic carbocycles. The van der Waals surface area contributed by atoms with Crippen LogP contribution in [0.3, 0.4) is 0 Å². The molecule has 0 aromatic heterocycles. The summed E-state index contributed by atoms with van der Waals surface area (Å²) in [6, 6.07) is 14.2. The number of ether oxygens (including phenoxy) is 1. The lowest BCUT2D eigenvalue weighted by molar-refractivity contribution is 0.215. The van der Waals surface area contributed by atoms with E-state index in [1.807, 2.05) is 25.1 Å². The van der Waals surface area contributed by atoms with Crippen LogP contribution in [0.5, 0.6) is 5.75 Å². The van der Waals surface area contributed by atoms with Gasteiger partial charge in [0.25, 0.3) is 0 Å². The van der Waals surface area contributed by atoms with E-state index in [4.69, 9.17) is 16.3 Å². The maximum atomic E-state index is 11.7. The van der Waals surface area contributed by atoms with E-state index < -0.39 is 6.09 Å². The molecule has 0 aliphatic carbocycles. The molecule has 0 saturated carbocycles. The van der Waals surface area contributed by atoms with E-state index in [9.17, 15) is 4.79 Å².